The largest absolute Gasteiger partial charge is 0.315 e. The number of nitriles is 1. The fourth-order valence-corrected chi connectivity index (χ4v) is 2.27. The van der Waals surface area contributed by atoms with Crippen molar-refractivity contribution in [1.82, 2.24) is 10.2 Å². The Kier molecular flexibility index (Phi) is 4.29. The van der Waals surface area contributed by atoms with Gasteiger partial charge in [-0.15, -0.1) is 0 Å². The average molecular weight is 247 g/mol. The summed E-state index contributed by atoms with van der Waals surface area (Å²) in [6, 6.07) is 7.03. The molecule has 0 radical (unpaired) electrons. The zero-order valence-electron chi connectivity index (χ0n) is 10.6. The van der Waals surface area contributed by atoms with Crippen molar-refractivity contribution in [1.29, 1.82) is 5.26 Å². The first-order valence-electron chi connectivity index (χ1n) is 6.33. The predicted molar refractivity (Wildman–Crippen MR) is 68.6 cm³/mol. The molecule has 1 aromatic rings. The highest BCUT2D eigenvalue weighted by Gasteiger charge is 2.21. The van der Waals surface area contributed by atoms with E-state index < -0.39 is 0 Å². The molecule has 2 rings (SSSR count). The maximum atomic E-state index is 13.6. The van der Waals surface area contributed by atoms with Gasteiger partial charge in [-0.3, -0.25) is 4.90 Å². The van der Waals surface area contributed by atoms with Crippen molar-refractivity contribution < 1.29 is 4.39 Å². The molecule has 0 bridgehead atoms. The van der Waals surface area contributed by atoms with Gasteiger partial charge in [-0.05, 0) is 37.1 Å². The van der Waals surface area contributed by atoms with Gasteiger partial charge in [0.25, 0.3) is 0 Å². The lowest BCUT2D eigenvalue weighted by atomic mass is 10.0. The Bertz CT molecular complexity index is 445. The molecule has 1 aliphatic rings. The second-order valence-electron chi connectivity index (χ2n) is 4.68. The first-order chi connectivity index (χ1) is 8.72. The highest BCUT2D eigenvalue weighted by Crippen LogP contribution is 2.22. The van der Waals surface area contributed by atoms with Gasteiger partial charge < -0.3 is 5.32 Å². The van der Waals surface area contributed by atoms with E-state index >= 15 is 0 Å². The summed E-state index contributed by atoms with van der Waals surface area (Å²) >= 11 is 0. The van der Waals surface area contributed by atoms with Gasteiger partial charge in [-0.25, -0.2) is 4.39 Å². The maximum Gasteiger partial charge on any atom is 0.126 e. The summed E-state index contributed by atoms with van der Waals surface area (Å²) in [6.45, 7) is 5.30. The quantitative estimate of drug-likeness (QED) is 0.868. The van der Waals surface area contributed by atoms with Crippen molar-refractivity contribution in [3.63, 3.8) is 0 Å². The molecule has 0 saturated carbocycles. The van der Waals surface area contributed by atoms with E-state index in [-0.39, 0.29) is 11.9 Å². The number of hydrogen-bond acceptors (Lipinski definition) is 3. The molecule has 4 heteroatoms. The van der Waals surface area contributed by atoms with Crippen molar-refractivity contribution in [2.24, 2.45) is 0 Å². The van der Waals surface area contributed by atoms with Gasteiger partial charge in [0.2, 0.25) is 0 Å². The Hall–Kier alpha value is -1.44. The summed E-state index contributed by atoms with van der Waals surface area (Å²) in [5, 5.41) is 12.7. The normalized spacial score (nSPS) is 18.9. The average Bonchev–Trinajstić information content (AvgIpc) is 2.64. The zero-order chi connectivity index (χ0) is 13.0. The van der Waals surface area contributed by atoms with Gasteiger partial charge in [0.1, 0.15) is 11.9 Å². The molecular weight excluding hydrogens is 229 g/mol. The van der Waals surface area contributed by atoms with Crippen molar-refractivity contribution in [2.75, 3.05) is 26.2 Å². The molecule has 0 amide bonds. The van der Waals surface area contributed by atoms with Crippen LogP contribution in [0.1, 0.15) is 23.6 Å². The van der Waals surface area contributed by atoms with Crippen LogP contribution in [0.3, 0.4) is 0 Å². The van der Waals surface area contributed by atoms with Crippen LogP contribution in [0.25, 0.3) is 0 Å². The SMILES string of the molecule is Cc1ccc(C(C#N)N2CCCNCC2)cc1F. The van der Waals surface area contributed by atoms with Gasteiger partial charge >= 0.3 is 0 Å². The highest BCUT2D eigenvalue weighted by molar-refractivity contribution is 5.29. The minimum atomic E-state index is -0.347. The lowest BCUT2D eigenvalue weighted by Gasteiger charge is -2.25. The molecule has 1 aliphatic heterocycles. The monoisotopic (exact) mass is 247 g/mol. The van der Waals surface area contributed by atoms with Crippen LogP contribution in [0.4, 0.5) is 4.39 Å². The first-order valence-corrected chi connectivity index (χ1v) is 6.33. The van der Waals surface area contributed by atoms with Crippen LogP contribution in [0.2, 0.25) is 0 Å². The third kappa shape index (κ3) is 2.87. The minimum absolute atomic E-state index is 0.235. The molecule has 18 heavy (non-hydrogen) atoms. The summed E-state index contributed by atoms with van der Waals surface area (Å²) in [4.78, 5) is 2.12. The molecule has 1 N–H and O–H groups in total. The number of benzene rings is 1. The third-order valence-electron chi connectivity index (χ3n) is 3.37. The summed E-state index contributed by atoms with van der Waals surface area (Å²) in [6.07, 6.45) is 1.02. The van der Waals surface area contributed by atoms with E-state index in [9.17, 15) is 9.65 Å². The molecule has 1 saturated heterocycles. The molecule has 1 unspecified atom stereocenters. The summed E-state index contributed by atoms with van der Waals surface area (Å²) in [7, 11) is 0. The second-order valence-corrected chi connectivity index (χ2v) is 4.68. The Morgan fingerprint density at radius 1 is 1.39 bits per heavy atom. The lowest BCUT2D eigenvalue weighted by Crippen LogP contribution is -2.31. The smallest absolute Gasteiger partial charge is 0.126 e. The second kappa shape index (κ2) is 5.94. The van der Waals surface area contributed by atoms with E-state index in [0.29, 0.717) is 5.56 Å². The van der Waals surface area contributed by atoms with Gasteiger partial charge in [-0.2, -0.15) is 5.26 Å². The Morgan fingerprint density at radius 3 is 2.94 bits per heavy atom. The van der Waals surface area contributed by atoms with Gasteiger partial charge in [0.15, 0.2) is 0 Å². The van der Waals surface area contributed by atoms with Crippen molar-refractivity contribution >= 4 is 0 Å². The Morgan fingerprint density at radius 2 is 2.22 bits per heavy atom. The number of nitrogens with zero attached hydrogens (tertiary/aromatic N) is 2. The highest BCUT2D eigenvalue weighted by atomic mass is 19.1. The van der Waals surface area contributed by atoms with Crippen LogP contribution in [0, 0.1) is 24.1 Å². The van der Waals surface area contributed by atoms with Gasteiger partial charge in [0, 0.05) is 19.6 Å². The van der Waals surface area contributed by atoms with Crippen LogP contribution < -0.4 is 5.32 Å². The van der Waals surface area contributed by atoms with E-state index in [0.717, 1.165) is 38.2 Å². The lowest BCUT2D eigenvalue weighted by molar-refractivity contribution is 0.252. The van der Waals surface area contributed by atoms with Crippen molar-refractivity contribution in [3.8, 4) is 6.07 Å². The standard InChI is InChI=1S/C14H18FN3/c1-11-3-4-12(9-13(11)15)14(10-16)18-7-2-5-17-6-8-18/h3-4,9,14,17H,2,5-8H2,1H3. The topological polar surface area (TPSA) is 39.1 Å². The van der Waals surface area contributed by atoms with Crippen LogP contribution in [0.5, 0.6) is 0 Å². The van der Waals surface area contributed by atoms with Gasteiger partial charge in [0.05, 0.1) is 6.07 Å². The molecule has 1 heterocycles. The van der Waals surface area contributed by atoms with E-state index in [1.54, 1.807) is 13.0 Å². The predicted octanol–water partition coefficient (Wildman–Crippen LogP) is 1.99. The van der Waals surface area contributed by atoms with Crippen LogP contribution >= 0.6 is 0 Å². The van der Waals surface area contributed by atoms with Crippen molar-refractivity contribution in [3.05, 3.63) is 35.1 Å². The molecule has 0 aromatic heterocycles. The molecule has 1 aromatic carbocycles. The summed E-state index contributed by atoms with van der Waals surface area (Å²) in [5.41, 5.74) is 1.37. The van der Waals surface area contributed by atoms with E-state index in [2.05, 4.69) is 16.3 Å². The summed E-state index contributed by atoms with van der Waals surface area (Å²) < 4.78 is 13.6. The molecule has 96 valence electrons. The zero-order valence-corrected chi connectivity index (χ0v) is 10.6. The van der Waals surface area contributed by atoms with Gasteiger partial charge in [-0.1, -0.05) is 12.1 Å². The van der Waals surface area contributed by atoms with E-state index in [4.69, 9.17) is 0 Å². The molecule has 0 spiro atoms. The Labute approximate surface area is 107 Å². The van der Waals surface area contributed by atoms with Crippen LogP contribution in [0.15, 0.2) is 18.2 Å². The maximum absolute atomic E-state index is 13.6. The third-order valence-corrected chi connectivity index (χ3v) is 3.37. The molecule has 1 atom stereocenters. The van der Waals surface area contributed by atoms with Crippen LogP contribution in [-0.2, 0) is 0 Å². The number of hydrogen-bond donors (Lipinski definition) is 1. The Balaban J connectivity index is 2.21. The fraction of sp³-hybridized carbons (Fsp3) is 0.500. The summed E-state index contributed by atoms with van der Waals surface area (Å²) in [5.74, 6) is -0.235. The number of halogens is 1. The number of aryl methyl sites for hydroxylation is 1. The molecule has 1 fully saturated rings. The molecule has 0 aliphatic carbocycles. The first kappa shape index (κ1) is 13.0. The van der Waals surface area contributed by atoms with Crippen molar-refractivity contribution in [2.45, 2.75) is 19.4 Å². The number of nitrogens with one attached hydrogen (secondary N) is 1. The fourth-order valence-electron chi connectivity index (χ4n) is 2.27. The molecule has 3 nitrogen and oxygen atoms in total. The minimum Gasteiger partial charge on any atom is -0.315 e. The molecular formula is C14H18FN3. The van der Waals surface area contributed by atoms with E-state index in [1.165, 1.54) is 6.07 Å². The van der Waals surface area contributed by atoms with E-state index in [1.807, 2.05) is 6.07 Å². The van der Waals surface area contributed by atoms with Crippen LogP contribution in [-0.4, -0.2) is 31.1 Å². The number of rotatable bonds is 2.